The Morgan fingerprint density at radius 3 is 2.79 bits per heavy atom. The van der Waals surface area contributed by atoms with Crippen molar-refractivity contribution in [3.63, 3.8) is 0 Å². The number of carbonyl (C=O) groups excluding carboxylic acids is 1. The average molecular weight is 395 g/mol. The molecule has 0 saturated heterocycles. The van der Waals surface area contributed by atoms with E-state index in [9.17, 15) is 18.0 Å². The molecule has 0 amide bonds. The summed E-state index contributed by atoms with van der Waals surface area (Å²) >= 11 is 1.55. The quantitative estimate of drug-likeness (QED) is 0.412. The summed E-state index contributed by atoms with van der Waals surface area (Å²) in [7, 11) is 0. The van der Waals surface area contributed by atoms with Crippen molar-refractivity contribution in [1.82, 2.24) is 4.40 Å². The van der Waals surface area contributed by atoms with Crippen LogP contribution in [0.4, 0.5) is 13.2 Å². The number of pyridine rings is 1. The van der Waals surface area contributed by atoms with Crippen molar-refractivity contribution < 1.29 is 18.0 Å². The van der Waals surface area contributed by atoms with Crippen molar-refractivity contribution in [3.8, 4) is 11.8 Å². The number of nitrogens with zero attached hydrogens (tertiary/aromatic N) is 1. The standard InChI is InChI=1S/C12H5BrF3NOSe/c13-9-4-1-5-17-10(9)7-8(3-2-6-18)11(17)19-12(14,15)16/h1,4-7H. The van der Waals surface area contributed by atoms with Gasteiger partial charge in [-0.25, -0.2) is 0 Å². The van der Waals surface area contributed by atoms with Crippen LogP contribution in [-0.2, 0) is 4.79 Å². The van der Waals surface area contributed by atoms with Crippen LogP contribution in [0.15, 0.2) is 28.9 Å². The third-order valence-corrected chi connectivity index (χ3v) is 4.63. The summed E-state index contributed by atoms with van der Waals surface area (Å²) in [5.41, 5.74) is 0.829. The van der Waals surface area contributed by atoms with Crippen LogP contribution in [0.1, 0.15) is 5.56 Å². The zero-order valence-electron chi connectivity index (χ0n) is 9.16. The number of aromatic nitrogens is 1. The Labute approximate surface area is 121 Å². The molecule has 0 atom stereocenters. The number of aldehydes is 1. The first kappa shape index (κ1) is 14.2. The predicted octanol–water partition coefficient (Wildman–Crippen LogP) is 2.10. The first-order valence-corrected chi connectivity index (χ1v) is 7.43. The number of halogens is 4. The molecular weight excluding hydrogens is 390 g/mol. The molecule has 0 bridgehead atoms. The molecule has 0 saturated carbocycles. The van der Waals surface area contributed by atoms with E-state index in [0.717, 1.165) is 0 Å². The summed E-state index contributed by atoms with van der Waals surface area (Å²) in [5.74, 6) is 4.61. The van der Waals surface area contributed by atoms with Crippen LogP contribution < -0.4 is 4.59 Å². The first-order chi connectivity index (χ1) is 8.92. The van der Waals surface area contributed by atoms with Crippen molar-refractivity contribution >= 4 is 47.3 Å². The zero-order chi connectivity index (χ0) is 14.0. The molecule has 19 heavy (non-hydrogen) atoms. The second kappa shape index (κ2) is 5.41. The minimum absolute atomic E-state index is 0.0886. The Kier molecular flexibility index (Phi) is 4.04. The number of rotatable bonds is 1. The molecule has 0 aliphatic rings. The van der Waals surface area contributed by atoms with Gasteiger partial charge in [0.25, 0.3) is 0 Å². The fourth-order valence-corrected chi connectivity index (χ4v) is 3.47. The average Bonchev–Trinajstić information content (AvgIpc) is 2.65. The van der Waals surface area contributed by atoms with Crippen molar-refractivity contribution in [2.24, 2.45) is 0 Å². The molecule has 0 radical (unpaired) electrons. The van der Waals surface area contributed by atoms with E-state index in [1.54, 1.807) is 24.4 Å². The third-order valence-electron chi connectivity index (χ3n) is 2.19. The number of carbonyl (C=O) groups is 1. The topological polar surface area (TPSA) is 21.5 Å². The molecule has 2 heterocycles. The summed E-state index contributed by atoms with van der Waals surface area (Å²) < 4.78 is 40.1. The van der Waals surface area contributed by atoms with Crippen molar-refractivity contribution in [3.05, 3.63) is 34.4 Å². The van der Waals surface area contributed by atoms with Crippen molar-refractivity contribution in [1.29, 1.82) is 0 Å². The zero-order valence-corrected chi connectivity index (χ0v) is 12.5. The molecule has 2 aromatic rings. The van der Waals surface area contributed by atoms with E-state index in [1.165, 1.54) is 4.40 Å². The van der Waals surface area contributed by atoms with Gasteiger partial charge >= 0.3 is 121 Å². The molecule has 2 nitrogen and oxygen atoms in total. The van der Waals surface area contributed by atoms with E-state index in [2.05, 4.69) is 27.8 Å². The van der Waals surface area contributed by atoms with Gasteiger partial charge in [0, 0.05) is 0 Å². The van der Waals surface area contributed by atoms with Crippen LogP contribution in [0.2, 0.25) is 0 Å². The van der Waals surface area contributed by atoms with Gasteiger partial charge in [-0.1, -0.05) is 0 Å². The number of fused-ring (bicyclic) bond motifs is 1. The molecule has 0 N–H and O–H groups in total. The molecule has 0 aliphatic carbocycles. The van der Waals surface area contributed by atoms with Gasteiger partial charge in [0.05, 0.1) is 0 Å². The summed E-state index contributed by atoms with van der Waals surface area (Å²) in [6.45, 7) is 0. The molecule has 2 aromatic heterocycles. The Balaban J connectivity index is 2.68. The van der Waals surface area contributed by atoms with Crippen LogP contribution in [0.5, 0.6) is 0 Å². The molecule has 0 spiro atoms. The van der Waals surface area contributed by atoms with Gasteiger partial charge < -0.3 is 0 Å². The maximum atomic E-state index is 12.6. The van der Waals surface area contributed by atoms with Gasteiger partial charge in [-0.05, 0) is 0 Å². The fourth-order valence-electron chi connectivity index (χ4n) is 1.55. The van der Waals surface area contributed by atoms with Crippen LogP contribution >= 0.6 is 15.9 Å². The van der Waals surface area contributed by atoms with Gasteiger partial charge in [0.2, 0.25) is 0 Å². The Hall–Kier alpha value is -1.22. The minimum atomic E-state index is -4.28. The van der Waals surface area contributed by atoms with E-state index >= 15 is 0 Å². The second-order valence-electron chi connectivity index (χ2n) is 3.41. The van der Waals surface area contributed by atoms with Gasteiger partial charge in [-0.3, -0.25) is 0 Å². The Morgan fingerprint density at radius 1 is 1.42 bits per heavy atom. The van der Waals surface area contributed by atoms with Crippen LogP contribution in [0.3, 0.4) is 0 Å². The monoisotopic (exact) mass is 395 g/mol. The SMILES string of the molecule is O=CC#Cc1cc2c(Br)cccn2c1[Se]C(F)(F)F. The van der Waals surface area contributed by atoms with Crippen molar-refractivity contribution in [2.75, 3.05) is 0 Å². The predicted molar refractivity (Wildman–Crippen MR) is 69.5 cm³/mol. The Bertz CT molecular complexity index is 697. The molecule has 0 aromatic carbocycles. The summed E-state index contributed by atoms with van der Waals surface area (Å²) in [6, 6.07) is 4.92. The molecule has 2 rings (SSSR count). The van der Waals surface area contributed by atoms with Crippen LogP contribution in [-0.4, -0.2) is 30.7 Å². The van der Waals surface area contributed by atoms with Crippen molar-refractivity contribution in [2.45, 2.75) is 5.07 Å². The van der Waals surface area contributed by atoms with E-state index in [-0.39, 0.29) is 10.2 Å². The third kappa shape index (κ3) is 3.21. The van der Waals surface area contributed by atoms with E-state index in [0.29, 0.717) is 16.3 Å². The molecule has 7 heteroatoms. The number of hydrogen-bond acceptors (Lipinski definition) is 1. The van der Waals surface area contributed by atoms with Gasteiger partial charge in [-0.15, -0.1) is 0 Å². The second-order valence-corrected chi connectivity index (χ2v) is 6.47. The van der Waals surface area contributed by atoms with Crippen LogP contribution in [0, 0.1) is 11.8 Å². The van der Waals surface area contributed by atoms with E-state index < -0.39 is 20.0 Å². The molecule has 0 fully saturated rings. The summed E-state index contributed by atoms with van der Waals surface area (Å²) in [4.78, 5) is 10.3. The molecule has 0 unspecified atom stereocenters. The first-order valence-electron chi connectivity index (χ1n) is 4.93. The van der Waals surface area contributed by atoms with Gasteiger partial charge in [0.15, 0.2) is 0 Å². The fraction of sp³-hybridized carbons (Fsp3) is 0.0833. The molecule has 0 aliphatic heterocycles. The number of hydrogen-bond donors (Lipinski definition) is 0. The van der Waals surface area contributed by atoms with Crippen LogP contribution in [0.25, 0.3) is 5.52 Å². The normalized spacial score (nSPS) is 11.2. The molecule has 98 valence electrons. The van der Waals surface area contributed by atoms with E-state index in [4.69, 9.17) is 0 Å². The number of alkyl halides is 3. The summed E-state index contributed by atoms with van der Waals surface area (Å²) in [6.07, 6.45) is 1.91. The molecular formula is C12H5BrF3NOSe. The van der Waals surface area contributed by atoms with Gasteiger partial charge in [0.1, 0.15) is 0 Å². The van der Waals surface area contributed by atoms with E-state index in [1.807, 2.05) is 0 Å². The Morgan fingerprint density at radius 2 is 2.16 bits per heavy atom. The maximum absolute atomic E-state index is 12.6. The van der Waals surface area contributed by atoms with Gasteiger partial charge in [-0.2, -0.15) is 0 Å². The summed E-state index contributed by atoms with van der Waals surface area (Å²) in [5, 5.41) is -4.28.